The van der Waals surface area contributed by atoms with E-state index in [2.05, 4.69) is 10.2 Å². The molecule has 1 heterocycles. The maximum absolute atomic E-state index is 12.3. The molecule has 1 aliphatic rings. The molecule has 1 aliphatic heterocycles. The molecule has 4 amide bonds. The minimum absolute atomic E-state index is 0.264. The van der Waals surface area contributed by atoms with E-state index >= 15 is 0 Å². The van der Waals surface area contributed by atoms with E-state index in [0.717, 1.165) is 13.1 Å². The normalized spacial score (nSPS) is 20.7. The van der Waals surface area contributed by atoms with Crippen molar-refractivity contribution in [3.8, 4) is 0 Å². The molecule has 0 radical (unpaired) electrons. The molecule has 1 fully saturated rings. The van der Waals surface area contributed by atoms with E-state index in [-0.39, 0.29) is 6.04 Å². The molecule has 19 heavy (non-hydrogen) atoms. The van der Waals surface area contributed by atoms with Crippen molar-refractivity contribution in [1.29, 1.82) is 0 Å². The smallest absolute Gasteiger partial charge is 0.302 e. The average Bonchev–Trinajstić information content (AvgIpc) is 2.34. The number of hydrogen-bond donors (Lipinski definition) is 1. The summed E-state index contributed by atoms with van der Waals surface area (Å²) in [5.74, 6) is -0.963. The Labute approximate surface area is 114 Å². The van der Waals surface area contributed by atoms with Crippen LogP contribution in [0.1, 0.15) is 34.6 Å². The summed E-state index contributed by atoms with van der Waals surface area (Å²) in [5, 5.41) is 2.25. The summed E-state index contributed by atoms with van der Waals surface area (Å²) < 4.78 is 0. The van der Waals surface area contributed by atoms with Crippen LogP contribution in [0.15, 0.2) is 0 Å². The molecule has 1 rings (SSSR count). The number of amides is 4. The topological polar surface area (TPSA) is 69.7 Å². The Bertz CT molecular complexity index is 389. The van der Waals surface area contributed by atoms with E-state index in [1.54, 1.807) is 0 Å². The summed E-state index contributed by atoms with van der Waals surface area (Å²) in [6.45, 7) is 11.3. The summed E-state index contributed by atoms with van der Waals surface area (Å²) in [6.07, 6.45) is 0. The van der Waals surface area contributed by atoms with E-state index in [1.807, 2.05) is 20.8 Å². The van der Waals surface area contributed by atoms with Crippen molar-refractivity contribution in [1.82, 2.24) is 15.1 Å². The van der Waals surface area contributed by atoms with Gasteiger partial charge in [-0.15, -0.1) is 0 Å². The molecule has 1 saturated heterocycles. The minimum Gasteiger partial charge on any atom is -0.302 e. The highest BCUT2D eigenvalue weighted by Crippen LogP contribution is 2.25. The number of nitrogens with zero attached hydrogens (tertiary/aromatic N) is 2. The van der Waals surface area contributed by atoms with Gasteiger partial charge in [-0.3, -0.25) is 19.8 Å². The van der Waals surface area contributed by atoms with Crippen LogP contribution in [0.3, 0.4) is 0 Å². The van der Waals surface area contributed by atoms with Gasteiger partial charge in [-0.1, -0.05) is 13.8 Å². The van der Waals surface area contributed by atoms with E-state index in [9.17, 15) is 14.4 Å². The lowest BCUT2D eigenvalue weighted by Gasteiger charge is -2.39. The van der Waals surface area contributed by atoms with Crippen LogP contribution in [0, 0.1) is 5.41 Å². The summed E-state index contributed by atoms with van der Waals surface area (Å²) in [4.78, 5) is 39.1. The van der Waals surface area contributed by atoms with Gasteiger partial charge in [0.25, 0.3) is 0 Å². The Morgan fingerprint density at radius 1 is 1.21 bits per heavy atom. The van der Waals surface area contributed by atoms with Crippen molar-refractivity contribution in [2.24, 2.45) is 5.41 Å². The zero-order valence-electron chi connectivity index (χ0n) is 12.3. The van der Waals surface area contributed by atoms with Gasteiger partial charge >= 0.3 is 6.03 Å². The molecule has 0 saturated carbocycles. The van der Waals surface area contributed by atoms with E-state index in [4.69, 9.17) is 0 Å². The van der Waals surface area contributed by atoms with Crippen molar-refractivity contribution >= 4 is 17.8 Å². The number of hydrogen-bond acceptors (Lipinski definition) is 4. The highest BCUT2D eigenvalue weighted by Gasteiger charge is 2.48. The number of carbonyl (C=O) groups excluding carboxylic acids is 3. The van der Waals surface area contributed by atoms with Gasteiger partial charge in [-0.2, -0.15) is 0 Å². The first-order valence-corrected chi connectivity index (χ1v) is 6.67. The van der Waals surface area contributed by atoms with Crippen LogP contribution in [0.25, 0.3) is 0 Å². The number of barbiturate groups is 1. The lowest BCUT2D eigenvalue weighted by Crippen LogP contribution is -2.65. The lowest BCUT2D eigenvalue weighted by molar-refractivity contribution is -0.150. The van der Waals surface area contributed by atoms with Crippen molar-refractivity contribution in [3.05, 3.63) is 0 Å². The van der Waals surface area contributed by atoms with Crippen LogP contribution < -0.4 is 5.32 Å². The highest BCUT2D eigenvalue weighted by molar-refractivity contribution is 6.18. The molecule has 1 atom stereocenters. The molecule has 0 aromatic carbocycles. The number of likely N-dealkylation sites (N-methyl/N-ethyl adjacent to an activating group) is 1. The zero-order chi connectivity index (χ0) is 14.8. The molecule has 0 bridgehead atoms. The minimum atomic E-state index is -1.19. The second-order valence-electron chi connectivity index (χ2n) is 5.39. The number of carbonyl (C=O) groups is 3. The van der Waals surface area contributed by atoms with E-state index in [1.165, 1.54) is 18.7 Å². The van der Waals surface area contributed by atoms with E-state index in [0.29, 0.717) is 6.54 Å². The maximum Gasteiger partial charge on any atom is 0.331 e. The van der Waals surface area contributed by atoms with Gasteiger partial charge in [-0.25, -0.2) is 4.79 Å². The predicted octanol–water partition coefficient (Wildman–Crippen LogP) is 0.821. The zero-order valence-corrected chi connectivity index (χ0v) is 12.3. The molecule has 0 aromatic rings. The largest absolute Gasteiger partial charge is 0.331 e. The van der Waals surface area contributed by atoms with Gasteiger partial charge in [-0.05, 0) is 33.9 Å². The van der Waals surface area contributed by atoms with Crippen LogP contribution in [0.5, 0.6) is 0 Å². The first kappa shape index (κ1) is 15.6. The number of urea groups is 1. The Morgan fingerprint density at radius 2 is 1.74 bits per heavy atom. The number of nitrogens with one attached hydrogen (secondary N) is 1. The second kappa shape index (κ2) is 5.69. The quantitative estimate of drug-likeness (QED) is 0.750. The Hall–Kier alpha value is -1.43. The van der Waals surface area contributed by atoms with Crippen LogP contribution in [-0.2, 0) is 9.59 Å². The van der Waals surface area contributed by atoms with Crippen LogP contribution in [0.4, 0.5) is 4.79 Å². The highest BCUT2D eigenvalue weighted by atomic mass is 16.2. The molecule has 0 aliphatic carbocycles. The monoisotopic (exact) mass is 269 g/mol. The molecule has 1 unspecified atom stereocenters. The Kier molecular flexibility index (Phi) is 4.68. The third kappa shape index (κ3) is 2.94. The summed E-state index contributed by atoms with van der Waals surface area (Å²) >= 11 is 0. The third-order valence-electron chi connectivity index (χ3n) is 3.62. The van der Waals surface area contributed by atoms with Crippen LogP contribution in [0.2, 0.25) is 0 Å². The second-order valence-corrected chi connectivity index (χ2v) is 5.39. The standard InChI is InChI=1S/C13H23N3O3/c1-6-15(7-2)8-9(3)16-11(18)13(4,5)10(17)14-12(16)19/h9H,6-8H2,1-5H3,(H,14,17,19). The first-order valence-electron chi connectivity index (χ1n) is 6.67. The molecule has 6 nitrogen and oxygen atoms in total. The predicted molar refractivity (Wildman–Crippen MR) is 71.4 cm³/mol. The van der Waals surface area contributed by atoms with Crippen LogP contribution in [-0.4, -0.2) is 53.3 Å². The van der Waals surface area contributed by atoms with Gasteiger partial charge in [0.1, 0.15) is 5.41 Å². The molecule has 108 valence electrons. The molecule has 0 aromatic heterocycles. The fourth-order valence-corrected chi connectivity index (χ4v) is 2.14. The molecular formula is C13H23N3O3. The third-order valence-corrected chi connectivity index (χ3v) is 3.62. The van der Waals surface area contributed by atoms with Crippen LogP contribution >= 0.6 is 0 Å². The Morgan fingerprint density at radius 3 is 2.21 bits per heavy atom. The fourth-order valence-electron chi connectivity index (χ4n) is 2.14. The SMILES string of the molecule is CCN(CC)CC(C)N1C(=O)NC(=O)C(C)(C)C1=O. The lowest BCUT2D eigenvalue weighted by atomic mass is 9.88. The van der Waals surface area contributed by atoms with Gasteiger partial charge in [0, 0.05) is 6.54 Å². The summed E-state index contributed by atoms with van der Waals surface area (Å²) in [7, 11) is 0. The van der Waals surface area contributed by atoms with Crippen molar-refractivity contribution in [3.63, 3.8) is 0 Å². The first-order chi connectivity index (χ1) is 8.75. The summed E-state index contributed by atoms with van der Waals surface area (Å²) in [6, 6.07) is -0.881. The van der Waals surface area contributed by atoms with E-state index < -0.39 is 23.3 Å². The molecule has 6 heteroatoms. The number of rotatable bonds is 5. The Balaban J connectivity index is 2.89. The molecule has 1 N–H and O–H groups in total. The maximum atomic E-state index is 12.3. The molecule has 0 spiro atoms. The molecular weight excluding hydrogens is 246 g/mol. The van der Waals surface area contributed by atoms with Crippen molar-refractivity contribution < 1.29 is 14.4 Å². The fraction of sp³-hybridized carbons (Fsp3) is 0.769. The number of imide groups is 2. The van der Waals surface area contributed by atoms with Gasteiger partial charge in [0.05, 0.1) is 6.04 Å². The average molecular weight is 269 g/mol. The van der Waals surface area contributed by atoms with Crippen molar-refractivity contribution in [2.75, 3.05) is 19.6 Å². The van der Waals surface area contributed by atoms with Gasteiger partial charge < -0.3 is 4.90 Å². The van der Waals surface area contributed by atoms with Crippen molar-refractivity contribution in [2.45, 2.75) is 40.7 Å². The van der Waals surface area contributed by atoms with Gasteiger partial charge in [0.15, 0.2) is 0 Å². The van der Waals surface area contributed by atoms with Gasteiger partial charge in [0.2, 0.25) is 11.8 Å². The summed E-state index contributed by atoms with van der Waals surface area (Å²) in [5.41, 5.74) is -1.19.